The van der Waals surface area contributed by atoms with Gasteiger partial charge < -0.3 is 9.47 Å². The number of hydrogen-bond donors (Lipinski definition) is 0. The van der Waals surface area contributed by atoms with Gasteiger partial charge in [-0.05, 0) is 13.3 Å². The standard InChI is InChI=1S/C7H12O2/c1-3-6(2)7-8-4-5-9-7/h3-5H2,1-2H3. The molecule has 0 N–H and O–H groups in total. The van der Waals surface area contributed by atoms with Crippen molar-refractivity contribution in [3.63, 3.8) is 0 Å². The molecule has 52 valence electrons. The van der Waals surface area contributed by atoms with E-state index in [1.807, 2.05) is 6.92 Å². The Bertz CT molecular complexity index is 119. The van der Waals surface area contributed by atoms with Gasteiger partial charge in [0.25, 0.3) is 5.95 Å². The van der Waals surface area contributed by atoms with Gasteiger partial charge in [0.2, 0.25) is 0 Å². The van der Waals surface area contributed by atoms with E-state index in [0.29, 0.717) is 13.2 Å². The second kappa shape index (κ2) is 2.76. The van der Waals surface area contributed by atoms with Crippen LogP contribution < -0.4 is 0 Å². The minimum Gasteiger partial charge on any atom is -0.462 e. The Morgan fingerprint density at radius 1 is 1.44 bits per heavy atom. The molecule has 2 heteroatoms. The van der Waals surface area contributed by atoms with Gasteiger partial charge in [0, 0.05) is 5.57 Å². The topological polar surface area (TPSA) is 18.5 Å². The fourth-order valence-electron chi connectivity index (χ4n) is 0.701. The molecule has 0 aromatic heterocycles. The molecule has 0 bridgehead atoms. The van der Waals surface area contributed by atoms with Crippen LogP contribution in [0.1, 0.15) is 20.3 Å². The summed E-state index contributed by atoms with van der Waals surface area (Å²) in [5.41, 5.74) is 1.20. The lowest BCUT2D eigenvalue weighted by molar-refractivity contribution is 0.169. The van der Waals surface area contributed by atoms with E-state index in [-0.39, 0.29) is 0 Å². The van der Waals surface area contributed by atoms with Crippen LogP contribution in [0.15, 0.2) is 11.5 Å². The third-order valence-electron chi connectivity index (χ3n) is 1.43. The molecule has 0 spiro atoms. The van der Waals surface area contributed by atoms with E-state index < -0.39 is 0 Å². The minimum atomic E-state index is 0.715. The van der Waals surface area contributed by atoms with E-state index in [1.165, 1.54) is 5.57 Å². The average molecular weight is 128 g/mol. The first-order chi connectivity index (χ1) is 4.34. The van der Waals surface area contributed by atoms with Gasteiger partial charge >= 0.3 is 0 Å². The van der Waals surface area contributed by atoms with Gasteiger partial charge in [-0.3, -0.25) is 0 Å². The van der Waals surface area contributed by atoms with Crippen LogP contribution in [-0.4, -0.2) is 13.2 Å². The first kappa shape index (κ1) is 6.46. The minimum absolute atomic E-state index is 0.715. The lowest BCUT2D eigenvalue weighted by atomic mass is 10.2. The largest absolute Gasteiger partial charge is 0.462 e. The van der Waals surface area contributed by atoms with Crippen LogP contribution in [0, 0.1) is 0 Å². The summed E-state index contributed by atoms with van der Waals surface area (Å²) >= 11 is 0. The monoisotopic (exact) mass is 128 g/mol. The number of rotatable bonds is 1. The summed E-state index contributed by atoms with van der Waals surface area (Å²) < 4.78 is 10.3. The molecule has 0 atom stereocenters. The summed E-state index contributed by atoms with van der Waals surface area (Å²) in [4.78, 5) is 0. The SMILES string of the molecule is CCC(C)=C1OCCO1. The Kier molecular flexibility index (Phi) is 1.98. The summed E-state index contributed by atoms with van der Waals surface area (Å²) in [5.74, 6) is 0.748. The molecular weight excluding hydrogens is 116 g/mol. The molecule has 0 radical (unpaired) electrons. The maximum atomic E-state index is 5.16. The zero-order chi connectivity index (χ0) is 6.69. The molecule has 0 aromatic carbocycles. The molecule has 0 saturated carbocycles. The van der Waals surface area contributed by atoms with Crippen LogP contribution in [0.5, 0.6) is 0 Å². The highest BCUT2D eigenvalue weighted by atomic mass is 16.7. The van der Waals surface area contributed by atoms with Crippen molar-refractivity contribution in [2.45, 2.75) is 20.3 Å². The zero-order valence-electron chi connectivity index (χ0n) is 5.94. The van der Waals surface area contributed by atoms with Crippen LogP contribution in [0.2, 0.25) is 0 Å². The fourth-order valence-corrected chi connectivity index (χ4v) is 0.701. The van der Waals surface area contributed by atoms with Crippen molar-refractivity contribution < 1.29 is 9.47 Å². The van der Waals surface area contributed by atoms with Crippen LogP contribution >= 0.6 is 0 Å². The molecule has 1 aliphatic rings. The van der Waals surface area contributed by atoms with Crippen molar-refractivity contribution in [1.29, 1.82) is 0 Å². The molecule has 2 nitrogen and oxygen atoms in total. The van der Waals surface area contributed by atoms with E-state index >= 15 is 0 Å². The summed E-state index contributed by atoms with van der Waals surface area (Å²) in [7, 11) is 0. The molecule has 1 fully saturated rings. The van der Waals surface area contributed by atoms with E-state index in [4.69, 9.17) is 9.47 Å². The molecule has 0 aromatic rings. The van der Waals surface area contributed by atoms with Gasteiger partial charge in [-0.1, -0.05) is 6.92 Å². The molecule has 1 rings (SSSR count). The molecule has 1 aliphatic heterocycles. The van der Waals surface area contributed by atoms with Crippen LogP contribution in [0.4, 0.5) is 0 Å². The Labute approximate surface area is 55.5 Å². The Balaban J connectivity index is 2.55. The van der Waals surface area contributed by atoms with Gasteiger partial charge in [-0.2, -0.15) is 0 Å². The van der Waals surface area contributed by atoms with Crippen LogP contribution in [0.3, 0.4) is 0 Å². The normalized spacial score (nSPS) is 16.9. The molecule has 0 unspecified atom stereocenters. The summed E-state index contributed by atoms with van der Waals surface area (Å²) in [6.07, 6.45) is 1.01. The van der Waals surface area contributed by atoms with Gasteiger partial charge in [-0.15, -0.1) is 0 Å². The molecular formula is C7H12O2. The predicted molar refractivity (Wildman–Crippen MR) is 34.9 cm³/mol. The van der Waals surface area contributed by atoms with Crippen molar-refractivity contribution in [3.8, 4) is 0 Å². The summed E-state index contributed by atoms with van der Waals surface area (Å²) in [6, 6.07) is 0. The molecule has 1 heterocycles. The summed E-state index contributed by atoms with van der Waals surface area (Å²) in [5, 5.41) is 0. The fraction of sp³-hybridized carbons (Fsp3) is 0.714. The van der Waals surface area contributed by atoms with Gasteiger partial charge in [0.15, 0.2) is 0 Å². The first-order valence-electron chi connectivity index (χ1n) is 3.30. The molecule has 9 heavy (non-hydrogen) atoms. The van der Waals surface area contributed by atoms with Crippen molar-refractivity contribution in [3.05, 3.63) is 11.5 Å². The quantitative estimate of drug-likeness (QED) is 0.535. The summed E-state index contributed by atoms with van der Waals surface area (Å²) in [6.45, 7) is 5.55. The molecule has 0 amide bonds. The van der Waals surface area contributed by atoms with Gasteiger partial charge in [-0.25, -0.2) is 0 Å². The Morgan fingerprint density at radius 2 is 2.00 bits per heavy atom. The third-order valence-corrected chi connectivity index (χ3v) is 1.43. The predicted octanol–water partition coefficient (Wildman–Crippen LogP) is 1.67. The van der Waals surface area contributed by atoms with Gasteiger partial charge in [0.05, 0.1) is 0 Å². The van der Waals surface area contributed by atoms with Crippen LogP contribution in [-0.2, 0) is 9.47 Å². The lowest BCUT2D eigenvalue weighted by Gasteiger charge is -1.99. The first-order valence-corrected chi connectivity index (χ1v) is 3.30. The average Bonchev–Trinajstić information content (AvgIpc) is 2.37. The lowest BCUT2D eigenvalue weighted by Crippen LogP contribution is -1.85. The highest BCUT2D eigenvalue weighted by Crippen LogP contribution is 2.14. The van der Waals surface area contributed by atoms with Crippen molar-refractivity contribution >= 4 is 0 Å². The highest BCUT2D eigenvalue weighted by Gasteiger charge is 2.10. The number of allylic oxidation sites excluding steroid dienone is 1. The van der Waals surface area contributed by atoms with E-state index in [0.717, 1.165) is 12.4 Å². The van der Waals surface area contributed by atoms with E-state index in [9.17, 15) is 0 Å². The third kappa shape index (κ3) is 1.37. The van der Waals surface area contributed by atoms with Crippen LogP contribution in [0.25, 0.3) is 0 Å². The van der Waals surface area contributed by atoms with E-state index in [2.05, 4.69) is 6.92 Å². The maximum Gasteiger partial charge on any atom is 0.278 e. The number of ether oxygens (including phenoxy) is 2. The highest BCUT2D eigenvalue weighted by molar-refractivity contribution is 5.00. The molecule has 0 aliphatic carbocycles. The van der Waals surface area contributed by atoms with Crippen molar-refractivity contribution in [1.82, 2.24) is 0 Å². The van der Waals surface area contributed by atoms with E-state index in [1.54, 1.807) is 0 Å². The Hall–Kier alpha value is -0.660. The van der Waals surface area contributed by atoms with Crippen molar-refractivity contribution in [2.24, 2.45) is 0 Å². The number of hydrogen-bond acceptors (Lipinski definition) is 2. The zero-order valence-corrected chi connectivity index (χ0v) is 5.94. The second-order valence-corrected chi connectivity index (χ2v) is 2.12. The second-order valence-electron chi connectivity index (χ2n) is 2.12. The molecule has 1 saturated heterocycles. The Morgan fingerprint density at radius 3 is 2.44 bits per heavy atom. The maximum absolute atomic E-state index is 5.16. The van der Waals surface area contributed by atoms with Crippen molar-refractivity contribution in [2.75, 3.05) is 13.2 Å². The van der Waals surface area contributed by atoms with Gasteiger partial charge in [0.1, 0.15) is 13.2 Å². The smallest absolute Gasteiger partial charge is 0.278 e.